The molecule has 3 rings (SSSR count). The maximum Gasteiger partial charge on any atom is 0.0338 e. The van der Waals surface area contributed by atoms with Gasteiger partial charge in [0.05, 0.1) is 0 Å². The predicted molar refractivity (Wildman–Crippen MR) is 89.4 cm³/mol. The van der Waals surface area contributed by atoms with Crippen molar-refractivity contribution in [2.75, 3.05) is 13.1 Å². The third-order valence-corrected chi connectivity index (χ3v) is 5.61. The molecule has 1 aliphatic heterocycles. The number of benzene rings is 1. The molecule has 0 amide bonds. The van der Waals surface area contributed by atoms with E-state index < -0.39 is 0 Å². The molecule has 0 aromatic heterocycles. The highest BCUT2D eigenvalue weighted by molar-refractivity contribution is 5.22. The molecule has 1 N–H and O–H groups in total. The van der Waals surface area contributed by atoms with Gasteiger partial charge in [-0.15, -0.1) is 0 Å². The summed E-state index contributed by atoms with van der Waals surface area (Å²) in [5.41, 5.74) is 3.25. The van der Waals surface area contributed by atoms with E-state index in [0.29, 0.717) is 17.5 Å². The van der Waals surface area contributed by atoms with E-state index in [-0.39, 0.29) is 0 Å². The Morgan fingerprint density at radius 2 is 1.86 bits per heavy atom. The fourth-order valence-corrected chi connectivity index (χ4v) is 4.05. The monoisotopic (exact) mass is 286 g/mol. The Bertz CT molecular complexity index is 457. The predicted octanol–water partition coefficient (Wildman–Crippen LogP) is 3.74. The Kier molecular flexibility index (Phi) is 4.37. The molecule has 1 saturated heterocycles. The summed E-state index contributed by atoms with van der Waals surface area (Å²) in [4.78, 5) is 2.80. The first-order valence-corrected chi connectivity index (χ1v) is 8.63. The van der Waals surface area contributed by atoms with Gasteiger partial charge in [-0.3, -0.25) is 4.90 Å². The molecule has 1 saturated carbocycles. The summed E-state index contributed by atoms with van der Waals surface area (Å²) < 4.78 is 0. The fraction of sp³-hybridized carbons (Fsp3) is 0.684. The van der Waals surface area contributed by atoms with Crippen molar-refractivity contribution in [2.45, 2.75) is 64.6 Å². The Morgan fingerprint density at radius 1 is 1.19 bits per heavy atom. The molecule has 2 fully saturated rings. The lowest BCUT2D eigenvalue weighted by molar-refractivity contribution is 0.0261. The van der Waals surface area contributed by atoms with Crippen molar-refractivity contribution in [3.05, 3.63) is 35.4 Å². The lowest BCUT2D eigenvalue weighted by atomic mass is 9.88. The van der Waals surface area contributed by atoms with Crippen LogP contribution in [0.4, 0.5) is 0 Å². The summed E-state index contributed by atoms with van der Waals surface area (Å²) in [5.74, 6) is 0.712. The van der Waals surface area contributed by atoms with Crippen molar-refractivity contribution < 1.29 is 0 Å². The number of nitrogens with one attached hydrogen (secondary N) is 1. The van der Waals surface area contributed by atoms with Crippen molar-refractivity contribution >= 4 is 0 Å². The minimum atomic E-state index is 0.427. The Hall–Kier alpha value is -0.860. The van der Waals surface area contributed by atoms with Gasteiger partial charge in [0.25, 0.3) is 0 Å². The summed E-state index contributed by atoms with van der Waals surface area (Å²) >= 11 is 0. The zero-order valence-corrected chi connectivity index (χ0v) is 13.9. The molecule has 116 valence electrons. The SMILES string of the molecule is Cc1ccc(CN2CC(C(C)C)NCC23CCCC3)cc1. The molecule has 0 bridgehead atoms. The van der Waals surface area contributed by atoms with Gasteiger partial charge in [-0.25, -0.2) is 0 Å². The van der Waals surface area contributed by atoms with Gasteiger partial charge in [-0.05, 0) is 31.2 Å². The van der Waals surface area contributed by atoms with Gasteiger partial charge in [0.2, 0.25) is 0 Å². The van der Waals surface area contributed by atoms with E-state index in [4.69, 9.17) is 0 Å². The molecule has 1 aromatic carbocycles. The maximum absolute atomic E-state index is 3.83. The summed E-state index contributed by atoms with van der Waals surface area (Å²) in [6, 6.07) is 9.76. The largest absolute Gasteiger partial charge is 0.311 e. The van der Waals surface area contributed by atoms with Gasteiger partial charge in [0, 0.05) is 31.2 Å². The van der Waals surface area contributed by atoms with Crippen molar-refractivity contribution in [1.82, 2.24) is 10.2 Å². The highest BCUT2D eigenvalue weighted by Crippen LogP contribution is 2.38. The van der Waals surface area contributed by atoms with Crippen LogP contribution in [0.5, 0.6) is 0 Å². The molecule has 2 nitrogen and oxygen atoms in total. The average molecular weight is 286 g/mol. The van der Waals surface area contributed by atoms with E-state index in [1.807, 2.05) is 0 Å². The third-order valence-electron chi connectivity index (χ3n) is 5.61. The number of hydrogen-bond donors (Lipinski definition) is 1. The van der Waals surface area contributed by atoms with Gasteiger partial charge in [0.15, 0.2) is 0 Å². The second-order valence-corrected chi connectivity index (χ2v) is 7.53. The molecular weight excluding hydrogens is 256 g/mol. The molecule has 1 atom stereocenters. The second-order valence-electron chi connectivity index (χ2n) is 7.53. The van der Waals surface area contributed by atoms with Crippen LogP contribution in [0.2, 0.25) is 0 Å². The molecule has 2 heteroatoms. The number of rotatable bonds is 3. The smallest absolute Gasteiger partial charge is 0.0338 e. The molecule has 1 aliphatic carbocycles. The first kappa shape index (κ1) is 15.1. The number of nitrogens with zero attached hydrogens (tertiary/aromatic N) is 1. The van der Waals surface area contributed by atoms with Gasteiger partial charge < -0.3 is 5.32 Å². The summed E-state index contributed by atoms with van der Waals surface area (Å²) in [6.45, 7) is 10.4. The van der Waals surface area contributed by atoms with Crippen LogP contribution in [0.3, 0.4) is 0 Å². The standard InChI is InChI=1S/C19H30N2/c1-15(2)18-13-21(12-17-8-6-16(3)7-9-17)19(14-20-18)10-4-5-11-19/h6-9,15,18,20H,4-5,10-14H2,1-3H3. The van der Waals surface area contributed by atoms with Crippen LogP contribution in [0, 0.1) is 12.8 Å². The topological polar surface area (TPSA) is 15.3 Å². The van der Waals surface area contributed by atoms with Crippen LogP contribution in [0.25, 0.3) is 0 Å². The molecule has 1 unspecified atom stereocenters. The van der Waals surface area contributed by atoms with Gasteiger partial charge >= 0.3 is 0 Å². The van der Waals surface area contributed by atoms with E-state index in [1.165, 1.54) is 49.9 Å². The minimum absolute atomic E-state index is 0.427. The Balaban J connectivity index is 1.78. The van der Waals surface area contributed by atoms with Crippen LogP contribution in [0.1, 0.15) is 50.7 Å². The summed E-state index contributed by atoms with van der Waals surface area (Å²) in [5, 5.41) is 3.83. The van der Waals surface area contributed by atoms with Gasteiger partial charge in [-0.2, -0.15) is 0 Å². The van der Waals surface area contributed by atoms with E-state index >= 15 is 0 Å². The van der Waals surface area contributed by atoms with Crippen LogP contribution < -0.4 is 5.32 Å². The first-order valence-electron chi connectivity index (χ1n) is 8.63. The van der Waals surface area contributed by atoms with Crippen molar-refractivity contribution in [1.29, 1.82) is 0 Å². The molecule has 1 aromatic rings. The van der Waals surface area contributed by atoms with E-state index in [1.54, 1.807) is 0 Å². The minimum Gasteiger partial charge on any atom is -0.311 e. The normalized spacial score (nSPS) is 25.8. The van der Waals surface area contributed by atoms with Crippen molar-refractivity contribution in [2.24, 2.45) is 5.92 Å². The first-order chi connectivity index (χ1) is 10.1. The summed E-state index contributed by atoms with van der Waals surface area (Å²) in [6.07, 6.45) is 5.55. The number of piperazine rings is 1. The molecule has 21 heavy (non-hydrogen) atoms. The Labute approximate surface area is 129 Å². The quantitative estimate of drug-likeness (QED) is 0.910. The third kappa shape index (κ3) is 3.17. The maximum atomic E-state index is 3.83. The second kappa shape index (κ2) is 6.10. The van der Waals surface area contributed by atoms with Crippen LogP contribution in [-0.4, -0.2) is 29.6 Å². The highest BCUT2D eigenvalue weighted by Gasteiger charge is 2.43. The summed E-state index contributed by atoms with van der Waals surface area (Å²) in [7, 11) is 0. The number of aryl methyl sites for hydroxylation is 1. The van der Waals surface area contributed by atoms with Crippen molar-refractivity contribution in [3.63, 3.8) is 0 Å². The fourth-order valence-electron chi connectivity index (χ4n) is 4.05. The van der Waals surface area contributed by atoms with Gasteiger partial charge in [-0.1, -0.05) is 56.5 Å². The lowest BCUT2D eigenvalue weighted by Crippen LogP contribution is -2.64. The molecule has 1 heterocycles. The van der Waals surface area contributed by atoms with Gasteiger partial charge in [0.1, 0.15) is 0 Å². The Morgan fingerprint density at radius 3 is 2.48 bits per heavy atom. The average Bonchev–Trinajstić information content (AvgIpc) is 2.93. The lowest BCUT2D eigenvalue weighted by Gasteiger charge is -2.49. The van der Waals surface area contributed by atoms with Crippen LogP contribution in [-0.2, 0) is 6.54 Å². The van der Waals surface area contributed by atoms with E-state index in [2.05, 4.69) is 55.3 Å². The highest BCUT2D eigenvalue weighted by atomic mass is 15.3. The van der Waals surface area contributed by atoms with Crippen LogP contribution >= 0.6 is 0 Å². The number of hydrogen-bond acceptors (Lipinski definition) is 2. The zero-order chi connectivity index (χ0) is 14.9. The van der Waals surface area contributed by atoms with E-state index in [9.17, 15) is 0 Å². The molecule has 0 radical (unpaired) electrons. The van der Waals surface area contributed by atoms with Crippen LogP contribution in [0.15, 0.2) is 24.3 Å². The van der Waals surface area contributed by atoms with Crippen molar-refractivity contribution in [3.8, 4) is 0 Å². The molecule has 1 spiro atoms. The van der Waals surface area contributed by atoms with E-state index in [0.717, 1.165) is 6.54 Å². The zero-order valence-electron chi connectivity index (χ0n) is 13.9. The molecular formula is C19H30N2. The molecule has 2 aliphatic rings.